The number of nitrogens with one attached hydrogen (secondary N) is 1. The van der Waals surface area contributed by atoms with Crippen molar-refractivity contribution in [2.24, 2.45) is 5.73 Å². The van der Waals surface area contributed by atoms with Gasteiger partial charge in [-0.3, -0.25) is 0 Å². The molecule has 3 N–H and O–H groups in total. The van der Waals surface area contributed by atoms with Crippen molar-refractivity contribution in [3.05, 3.63) is 39.6 Å². The van der Waals surface area contributed by atoms with Crippen LogP contribution in [0.1, 0.15) is 16.8 Å². The highest BCUT2D eigenvalue weighted by atomic mass is 79.9. The second-order valence-electron chi connectivity index (χ2n) is 3.88. The Labute approximate surface area is 103 Å². The molecule has 1 heterocycles. The Hall–Kier alpha value is -1.13. The lowest BCUT2D eigenvalue weighted by molar-refractivity contribution is 1.00. The van der Waals surface area contributed by atoms with Gasteiger partial charge < -0.3 is 10.7 Å². The zero-order chi connectivity index (χ0) is 11.7. The van der Waals surface area contributed by atoms with Crippen molar-refractivity contribution in [2.75, 3.05) is 0 Å². The minimum atomic E-state index is 0.457. The molecule has 0 saturated carbocycles. The van der Waals surface area contributed by atoms with Gasteiger partial charge >= 0.3 is 0 Å². The Morgan fingerprint density at radius 3 is 2.75 bits per heavy atom. The third-order valence-electron chi connectivity index (χ3n) is 2.58. The molecule has 0 bridgehead atoms. The molecule has 0 fully saturated rings. The molecule has 1 aromatic heterocycles. The fraction of sp³-hybridized carbons (Fsp3) is 0.250. The molecule has 0 radical (unpaired) electrons. The smallest absolute Gasteiger partial charge is 0.139 e. The number of nitrogens with zero attached hydrogens (tertiary/aromatic N) is 1. The number of benzene rings is 1. The van der Waals surface area contributed by atoms with E-state index in [0.717, 1.165) is 21.7 Å². The van der Waals surface area contributed by atoms with E-state index < -0.39 is 0 Å². The van der Waals surface area contributed by atoms with Gasteiger partial charge in [0.1, 0.15) is 10.4 Å². The zero-order valence-electron chi connectivity index (χ0n) is 9.34. The molecule has 0 atom stereocenters. The van der Waals surface area contributed by atoms with Gasteiger partial charge in [0.2, 0.25) is 0 Å². The van der Waals surface area contributed by atoms with E-state index in [1.165, 1.54) is 11.1 Å². The monoisotopic (exact) mass is 279 g/mol. The van der Waals surface area contributed by atoms with Gasteiger partial charge in [0, 0.05) is 12.1 Å². The van der Waals surface area contributed by atoms with Gasteiger partial charge in [-0.2, -0.15) is 0 Å². The van der Waals surface area contributed by atoms with Crippen molar-refractivity contribution in [1.82, 2.24) is 9.97 Å². The molecule has 16 heavy (non-hydrogen) atoms. The maximum atomic E-state index is 5.61. The van der Waals surface area contributed by atoms with E-state index in [2.05, 4.69) is 57.9 Å². The van der Waals surface area contributed by atoms with E-state index in [4.69, 9.17) is 5.73 Å². The van der Waals surface area contributed by atoms with Gasteiger partial charge in [-0.1, -0.05) is 17.7 Å². The standard InChI is InChI=1S/C12H14BrN3/c1-7-3-4-8(2)9(5-7)12-15-10(6-14)11(13)16-12/h3-5H,6,14H2,1-2H3,(H,15,16). The van der Waals surface area contributed by atoms with E-state index in [9.17, 15) is 0 Å². The number of nitrogens with two attached hydrogens (primary N) is 1. The molecule has 0 spiro atoms. The number of aromatic nitrogens is 2. The molecular weight excluding hydrogens is 266 g/mol. The summed E-state index contributed by atoms with van der Waals surface area (Å²) in [6.07, 6.45) is 0. The topological polar surface area (TPSA) is 54.7 Å². The highest BCUT2D eigenvalue weighted by molar-refractivity contribution is 9.10. The lowest BCUT2D eigenvalue weighted by Gasteiger charge is -2.03. The van der Waals surface area contributed by atoms with Gasteiger partial charge in [-0.05, 0) is 41.4 Å². The van der Waals surface area contributed by atoms with Crippen LogP contribution in [0.3, 0.4) is 0 Å². The van der Waals surface area contributed by atoms with Crippen LogP contribution in [0.2, 0.25) is 0 Å². The molecule has 2 rings (SSSR count). The second kappa shape index (κ2) is 4.39. The first-order valence-corrected chi connectivity index (χ1v) is 5.93. The number of rotatable bonds is 2. The Morgan fingerprint density at radius 1 is 1.38 bits per heavy atom. The summed E-state index contributed by atoms with van der Waals surface area (Å²) < 4.78 is 0.797. The van der Waals surface area contributed by atoms with E-state index in [0.29, 0.717) is 6.54 Å². The van der Waals surface area contributed by atoms with E-state index in [1.54, 1.807) is 0 Å². The van der Waals surface area contributed by atoms with E-state index in [1.807, 2.05) is 0 Å². The highest BCUT2D eigenvalue weighted by Crippen LogP contribution is 2.25. The van der Waals surface area contributed by atoms with Gasteiger partial charge in [-0.25, -0.2) is 4.98 Å². The number of hydrogen-bond acceptors (Lipinski definition) is 2. The lowest BCUT2D eigenvalue weighted by Crippen LogP contribution is -1.97. The summed E-state index contributed by atoms with van der Waals surface area (Å²) >= 11 is 3.40. The number of aromatic amines is 1. The zero-order valence-corrected chi connectivity index (χ0v) is 10.9. The summed E-state index contributed by atoms with van der Waals surface area (Å²) in [4.78, 5) is 7.67. The highest BCUT2D eigenvalue weighted by Gasteiger charge is 2.10. The maximum Gasteiger partial charge on any atom is 0.139 e. The summed E-state index contributed by atoms with van der Waals surface area (Å²) in [5, 5.41) is 0. The van der Waals surface area contributed by atoms with Crippen molar-refractivity contribution >= 4 is 15.9 Å². The van der Waals surface area contributed by atoms with E-state index >= 15 is 0 Å². The van der Waals surface area contributed by atoms with Gasteiger partial charge in [-0.15, -0.1) is 0 Å². The molecule has 0 aliphatic rings. The molecular formula is C12H14BrN3. The second-order valence-corrected chi connectivity index (χ2v) is 4.63. The average molecular weight is 280 g/mol. The lowest BCUT2D eigenvalue weighted by atomic mass is 10.1. The molecule has 0 unspecified atom stereocenters. The van der Waals surface area contributed by atoms with Gasteiger partial charge in [0.15, 0.2) is 0 Å². The molecule has 84 valence electrons. The van der Waals surface area contributed by atoms with Crippen LogP contribution in [0.5, 0.6) is 0 Å². The van der Waals surface area contributed by atoms with Crippen molar-refractivity contribution in [3.8, 4) is 11.4 Å². The van der Waals surface area contributed by atoms with Crippen molar-refractivity contribution < 1.29 is 0 Å². The minimum absolute atomic E-state index is 0.457. The minimum Gasteiger partial charge on any atom is -0.340 e. The third kappa shape index (κ3) is 2.03. The van der Waals surface area contributed by atoms with Crippen LogP contribution in [0.4, 0.5) is 0 Å². The SMILES string of the molecule is Cc1ccc(C)c(-c2nc(Br)c(CN)[nH]2)c1. The van der Waals surface area contributed by atoms with Gasteiger partial charge in [0.05, 0.1) is 5.69 Å². The number of H-pyrrole nitrogens is 1. The summed E-state index contributed by atoms with van der Waals surface area (Å²) in [6, 6.07) is 6.32. The van der Waals surface area contributed by atoms with Crippen molar-refractivity contribution in [3.63, 3.8) is 0 Å². The molecule has 2 aromatic rings. The predicted octanol–water partition coefficient (Wildman–Crippen LogP) is 2.91. The van der Waals surface area contributed by atoms with Crippen LogP contribution in [0, 0.1) is 13.8 Å². The summed E-state index contributed by atoms with van der Waals surface area (Å²) in [7, 11) is 0. The maximum absolute atomic E-state index is 5.61. The Morgan fingerprint density at radius 2 is 2.12 bits per heavy atom. The molecule has 0 aliphatic carbocycles. The third-order valence-corrected chi connectivity index (χ3v) is 3.24. The molecule has 4 heteroatoms. The first-order valence-electron chi connectivity index (χ1n) is 5.14. The van der Waals surface area contributed by atoms with Crippen molar-refractivity contribution in [2.45, 2.75) is 20.4 Å². The van der Waals surface area contributed by atoms with Crippen molar-refractivity contribution in [1.29, 1.82) is 0 Å². The van der Waals surface area contributed by atoms with Crippen LogP contribution < -0.4 is 5.73 Å². The summed E-state index contributed by atoms with van der Waals surface area (Å²) in [5.74, 6) is 0.869. The summed E-state index contributed by atoms with van der Waals surface area (Å²) in [5.41, 5.74) is 10.1. The Kier molecular flexibility index (Phi) is 3.12. The fourth-order valence-electron chi connectivity index (χ4n) is 1.64. The van der Waals surface area contributed by atoms with Crippen LogP contribution in [0.15, 0.2) is 22.8 Å². The van der Waals surface area contributed by atoms with Crippen LogP contribution in [0.25, 0.3) is 11.4 Å². The van der Waals surface area contributed by atoms with Crippen LogP contribution in [-0.4, -0.2) is 9.97 Å². The number of halogens is 1. The average Bonchev–Trinajstić information content (AvgIpc) is 2.63. The Balaban J connectivity index is 2.53. The molecule has 0 amide bonds. The normalized spacial score (nSPS) is 10.8. The predicted molar refractivity (Wildman–Crippen MR) is 69.1 cm³/mol. The molecule has 0 aliphatic heterocycles. The first kappa shape index (κ1) is 11.4. The quantitative estimate of drug-likeness (QED) is 0.888. The molecule has 1 aromatic carbocycles. The number of aryl methyl sites for hydroxylation is 2. The fourth-order valence-corrected chi connectivity index (χ4v) is 2.08. The largest absolute Gasteiger partial charge is 0.340 e. The number of hydrogen-bond donors (Lipinski definition) is 2. The van der Waals surface area contributed by atoms with Crippen LogP contribution in [-0.2, 0) is 6.54 Å². The molecule has 3 nitrogen and oxygen atoms in total. The number of imidazole rings is 1. The van der Waals surface area contributed by atoms with Crippen LogP contribution >= 0.6 is 15.9 Å². The first-order chi connectivity index (χ1) is 7.61. The Bertz CT molecular complexity index is 517. The van der Waals surface area contributed by atoms with Gasteiger partial charge in [0.25, 0.3) is 0 Å². The van der Waals surface area contributed by atoms with E-state index in [-0.39, 0.29) is 0 Å². The molecule has 0 saturated heterocycles. The summed E-state index contributed by atoms with van der Waals surface area (Å²) in [6.45, 7) is 4.61.